The van der Waals surface area contributed by atoms with Crippen LogP contribution in [0.3, 0.4) is 0 Å². The van der Waals surface area contributed by atoms with Crippen LogP contribution in [-0.2, 0) is 16.1 Å². The quantitative estimate of drug-likeness (QED) is 0.365. The zero-order valence-corrected chi connectivity index (χ0v) is 21.8. The van der Waals surface area contributed by atoms with Crippen molar-refractivity contribution in [1.29, 1.82) is 0 Å². The van der Waals surface area contributed by atoms with E-state index in [1.165, 1.54) is 19.2 Å². The summed E-state index contributed by atoms with van der Waals surface area (Å²) < 4.78 is 30.6. The molecular weight excluding hydrogens is 509 g/mol. The summed E-state index contributed by atoms with van der Waals surface area (Å²) in [6, 6.07) is 16.8. The molecule has 1 aliphatic carbocycles. The molecule has 194 valence electrons. The molecule has 0 saturated carbocycles. The van der Waals surface area contributed by atoms with Crippen LogP contribution in [0.5, 0.6) is 11.5 Å². The molecular formula is C30H25ClFNO5. The van der Waals surface area contributed by atoms with Crippen molar-refractivity contribution in [1.82, 2.24) is 5.32 Å². The summed E-state index contributed by atoms with van der Waals surface area (Å²) in [5, 5.41) is 3.49. The highest BCUT2D eigenvalue weighted by Crippen LogP contribution is 2.49. The fourth-order valence-electron chi connectivity index (χ4n) is 4.98. The molecule has 1 unspecified atom stereocenters. The molecule has 3 aromatic rings. The highest BCUT2D eigenvalue weighted by molar-refractivity contribution is 6.32. The number of methoxy groups -OCH3 is 1. The molecule has 1 aliphatic heterocycles. The summed E-state index contributed by atoms with van der Waals surface area (Å²) in [5.41, 5.74) is 4.50. The van der Waals surface area contributed by atoms with E-state index < -0.39 is 11.9 Å². The lowest BCUT2D eigenvalue weighted by Crippen LogP contribution is -2.29. The van der Waals surface area contributed by atoms with Gasteiger partial charge in [-0.05, 0) is 49.2 Å². The molecule has 0 amide bonds. The Balaban J connectivity index is 1.62. The first kappa shape index (κ1) is 25.5. The molecule has 5 rings (SSSR count). The third-order valence-electron chi connectivity index (χ3n) is 6.59. The van der Waals surface area contributed by atoms with Crippen molar-refractivity contribution in [2.75, 3.05) is 13.7 Å². The van der Waals surface area contributed by atoms with E-state index in [-0.39, 0.29) is 29.0 Å². The fourth-order valence-corrected chi connectivity index (χ4v) is 5.26. The molecule has 2 aliphatic rings. The van der Waals surface area contributed by atoms with E-state index in [1.807, 2.05) is 19.1 Å². The smallest absolute Gasteiger partial charge is 0.336 e. The zero-order valence-electron chi connectivity index (χ0n) is 21.1. The largest absolute Gasteiger partial charge is 0.490 e. The van der Waals surface area contributed by atoms with Crippen molar-refractivity contribution in [2.45, 2.75) is 26.4 Å². The van der Waals surface area contributed by atoms with Crippen LogP contribution in [0.2, 0.25) is 5.02 Å². The minimum atomic E-state index is -0.757. The Morgan fingerprint density at radius 2 is 1.82 bits per heavy atom. The highest BCUT2D eigenvalue weighted by atomic mass is 35.5. The van der Waals surface area contributed by atoms with Crippen molar-refractivity contribution in [2.24, 2.45) is 0 Å². The summed E-state index contributed by atoms with van der Waals surface area (Å²) in [7, 11) is 1.30. The first-order valence-corrected chi connectivity index (χ1v) is 12.5. The van der Waals surface area contributed by atoms with Gasteiger partial charge in [-0.3, -0.25) is 4.79 Å². The van der Waals surface area contributed by atoms with Gasteiger partial charge in [-0.25, -0.2) is 9.18 Å². The van der Waals surface area contributed by atoms with Crippen LogP contribution < -0.4 is 14.8 Å². The van der Waals surface area contributed by atoms with Crippen molar-refractivity contribution in [3.05, 3.63) is 111 Å². The molecule has 0 radical (unpaired) electrons. The molecule has 0 aromatic heterocycles. The second-order valence-corrected chi connectivity index (χ2v) is 9.34. The van der Waals surface area contributed by atoms with Gasteiger partial charge in [0.25, 0.3) is 0 Å². The van der Waals surface area contributed by atoms with Gasteiger partial charge in [-0.1, -0.05) is 48.0 Å². The van der Waals surface area contributed by atoms with E-state index in [2.05, 4.69) is 5.32 Å². The van der Waals surface area contributed by atoms with Crippen LogP contribution in [0.4, 0.5) is 4.39 Å². The van der Waals surface area contributed by atoms with Crippen molar-refractivity contribution in [3.63, 3.8) is 0 Å². The Morgan fingerprint density at radius 3 is 2.53 bits per heavy atom. The van der Waals surface area contributed by atoms with E-state index in [0.717, 1.165) is 5.56 Å². The summed E-state index contributed by atoms with van der Waals surface area (Å²) in [6.45, 7) is 3.98. The van der Waals surface area contributed by atoms with Gasteiger partial charge in [0.1, 0.15) is 12.4 Å². The topological polar surface area (TPSA) is 73.9 Å². The van der Waals surface area contributed by atoms with Crippen molar-refractivity contribution in [3.8, 4) is 11.5 Å². The molecule has 38 heavy (non-hydrogen) atoms. The lowest BCUT2D eigenvalue weighted by molar-refractivity contribution is -0.136. The number of nitrogens with one attached hydrogen (secondary N) is 1. The lowest BCUT2D eigenvalue weighted by atomic mass is 9.79. The van der Waals surface area contributed by atoms with E-state index >= 15 is 0 Å². The first-order chi connectivity index (χ1) is 18.3. The number of hydrogen-bond acceptors (Lipinski definition) is 6. The fraction of sp³-hybridized carbons (Fsp3) is 0.200. The maximum absolute atomic E-state index is 13.6. The molecule has 3 aromatic carbocycles. The van der Waals surface area contributed by atoms with Crippen LogP contribution >= 0.6 is 11.6 Å². The second-order valence-electron chi connectivity index (χ2n) is 8.93. The Labute approximate surface area is 224 Å². The average molecular weight is 534 g/mol. The number of fused-ring (bicyclic) bond motifs is 2. The first-order valence-electron chi connectivity index (χ1n) is 12.1. The van der Waals surface area contributed by atoms with E-state index in [1.54, 1.807) is 43.3 Å². The van der Waals surface area contributed by atoms with Gasteiger partial charge in [0.05, 0.1) is 30.0 Å². The van der Waals surface area contributed by atoms with Gasteiger partial charge >= 0.3 is 5.97 Å². The zero-order chi connectivity index (χ0) is 27.0. The minimum absolute atomic E-state index is 0.0692. The third kappa shape index (κ3) is 4.43. The number of carbonyl (C=O) groups is 2. The van der Waals surface area contributed by atoms with Gasteiger partial charge in [0, 0.05) is 28.3 Å². The monoisotopic (exact) mass is 533 g/mol. The van der Waals surface area contributed by atoms with Crippen LogP contribution in [-0.4, -0.2) is 25.5 Å². The standard InChI is InChI=1S/C30H25ClFNO5/c1-4-37-23-14-18(13-22(31)29(23)38-15-17-8-7-9-19(32)12-17)25-24(30(35)36-3)16(2)33-27-20-10-5-6-11-21(20)28(34)26(25)27/h5-14,25,33H,4,15H2,1-3H3. The molecule has 1 heterocycles. The normalized spacial score (nSPS) is 16.1. The van der Waals surface area contributed by atoms with E-state index in [0.29, 0.717) is 51.6 Å². The maximum atomic E-state index is 13.6. The number of esters is 1. The highest BCUT2D eigenvalue weighted by Gasteiger charge is 2.43. The number of ether oxygens (including phenoxy) is 3. The molecule has 0 fully saturated rings. The number of allylic oxidation sites excluding steroid dienone is 2. The number of Topliss-reactive ketones (excluding diaryl/α,β-unsaturated/α-hetero) is 1. The van der Waals surface area contributed by atoms with Crippen molar-refractivity contribution >= 4 is 29.1 Å². The molecule has 1 N–H and O–H groups in total. The second kappa shape index (κ2) is 10.3. The van der Waals surface area contributed by atoms with Gasteiger partial charge in [-0.15, -0.1) is 0 Å². The van der Waals surface area contributed by atoms with E-state index in [9.17, 15) is 14.0 Å². The number of hydrogen-bond donors (Lipinski definition) is 1. The average Bonchev–Trinajstić information content (AvgIpc) is 3.18. The predicted octanol–water partition coefficient (Wildman–Crippen LogP) is 6.20. The molecule has 8 heteroatoms. The Kier molecular flexibility index (Phi) is 6.95. The van der Waals surface area contributed by atoms with Crippen LogP contribution in [0.25, 0.3) is 5.70 Å². The van der Waals surface area contributed by atoms with Crippen LogP contribution in [0.1, 0.15) is 46.8 Å². The van der Waals surface area contributed by atoms with Crippen molar-refractivity contribution < 1.29 is 28.2 Å². The minimum Gasteiger partial charge on any atom is -0.490 e. The summed E-state index contributed by atoms with van der Waals surface area (Å²) >= 11 is 6.73. The number of benzene rings is 3. The summed E-state index contributed by atoms with van der Waals surface area (Å²) in [6.07, 6.45) is 0. The van der Waals surface area contributed by atoms with Gasteiger partial charge in [0.2, 0.25) is 0 Å². The number of halogens is 2. The molecule has 0 spiro atoms. The van der Waals surface area contributed by atoms with Gasteiger partial charge in [0.15, 0.2) is 17.3 Å². The number of ketones is 1. The maximum Gasteiger partial charge on any atom is 0.336 e. The number of dihydropyridines is 1. The van der Waals surface area contributed by atoms with Crippen LogP contribution in [0.15, 0.2) is 77.5 Å². The third-order valence-corrected chi connectivity index (χ3v) is 6.87. The van der Waals surface area contributed by atoms with Gasteiger partial charge < -0.3 is 19.5 Å². The Hall–Kier alpha value is -4.10. The Morgan fingerprint density at radius 1 is 1.05 bits per heavy atom. The summed E-state index contributed by atoms with van der Waals surface area (Å²) in [5.74, 6) is -1.24. The van der Waals surface area contributed by atoms with Crippen LogP contribution in [0, 0.1) is 5.82 Å². The summed E-state index contributed by atoms with van der Waals surface area (Å²) in [4.78, 5) is 26.6. The predicted molar refractivity (Wildman–Crippen MR) is 142 cm³/mol. The lowest BCUT2D eigenvalue weighted by Gasteiger charge is -2.29. The van der Waals surface area contributed by atoms with E-state index in [4.69, 9.17) is 25.8 Å². The SMILES string of the molecule is CCOc1cc(C2C(C(=O)OC)=C(C)NC3=C2C(=O)c2ccccc23)cc(Cl)c1OCc1cccc(F)c1. The molecule has 1 atom stereocenters. The molecule has 0 bridgehead atoms. The number of rotatable bonds is 7. The van der Waals surface area contributed by atoms with Gasteiger partial charge in [-0.2, -0.15) is 0 Å². The molecule has 0 saturated heterocycles. The Bertz CT molecular complexity index is 1530. The molecule has 6 nitrogen and oxygen atoms in total. The number of carbonyl (C=O) groups excluding carboxylic acids is 2.